The van der Waals surface area contributed by atoms with Gasteiger partial charge in [0.2, 0.25) is 5.91 Å². The highest BCUT2D eigenvalue weighted by molar-refractivity contribution is 5.97. The highest BCUT2D eigenvalue weighted by Gasteiger charge is 2.51. The lowest BCUT2D eigenvalue weighted by Gasteiger charge is -2.27. The van der Waals surface area contributed by atoms with Crippen molar-refractivity contribution in [1.29, 1.82) is 0 Å². The van der Waals surface area contributed by atoms with Crippen LogP contribution >= 0.6 is 0 Å². The Bertz CT molecular complexity index is 654. The van der Waals surface area contributed by atoms with Crippen molar-refractivity contribution >= 4 is 22.6 Å². The molecule has 1 aliphatic carbocycles. The van der Waals surface area contributed by atoms with Crippen molar-refractivity contribution in [3.63, 3.8) is 0 Å². The third-order valence-electron chi connectivity index (χ3n) is 4.75. The zero-order chi connectivity index (χ0) is 13.6. The molecule has 6 heteroatoms. The monoisotopic (exact) mass is 271 g/mol. The van der Waals surface area contributed by atoms with Crippen molar-refractivity contribution in [2.24, 2.45) is 5.41 Å². The Balaban J connectivity index is 1.60. The van der Waals surface area contributed by atoms with Gasteiger partial charge >= 0.3 is 0 Å². The van der Waals surface area contributed by atoms with E-state index in [0.717, 1.165) is 48.9 Å². The standard InChI is InChI=1S/C14H17N5O/c20-13(14-3-1-2-11(14)15-5-4-14)18-10-6-9-7-17-19-12(9)16-8-10/h6-8,11,15H,1-5H2,(H,18,20)(H,16,17,19)/t11-,14+/m1/s1. The molecular weight excluding hydrogens is 254 g/mol. The third kappa shape index (κ3) is 1.64. The van der Waals surface area contributed by atoms with Gasteiger partial charge in [0.25, 0.3) is 0 Å². The average molecular weight is 271 g/mol. The molecule has 1 saturated heterocycles. The van der Waals surface area contributed by atoms with Gasteiger partial charge in [-0.1, -0.05) is 6.42 Å². The van der Waals surface area contributed by atoms with Crippen LogP contribution in [0.25, 0.3) is 11.0 Å². The Kier molecular flexibility index (Phi) is 2.53. The van der Waals surface area contributed by atoms with E-state index in [0.29, 0.717) is 6.04 Å². The molecule has 1 amide bonds. The van der Waals surface area contributed by atoms with Crippen molar-refractivity contribution in [3.05, 3.63) is 18.5 Å². The molecule has 2 aromatic rings. The van der Waals surface area contributed by atoms with Crippen LogP contribution in [0.4, 0.5) is 5.69 Å². The number of hydrogen-bond acceptors (Lipinski definition) is 4. The van der Waals surface area contributed by atoms with Gasteiger partial charge in [-0.2, -0.15) is 5.10 Å². The first kappa shape index (κ1) is 11.8. The number of aromatic nitrogens is 3. The van der Waals surface area contributed by atoms with Crippen LogP contribution in [0.1, 0.15) is 25.7 Å². The predicted octanol–water partition coefficient (Wildman–Crippen LogP) is 1.43. The summed E-state index contributed by atoms with van der Waals surface area (Å²) in [6, 6.07) is 2.25. The van der Waals surface area contributed by atoms with Crippen LogP contribution in [-0.2, 0) is 4.79 Å². The zero-order valence-electron chi connectivity index (χ0n) is 11.1. The average Bonchev–Trinajstić information content (AvgIpc) is 3.12. The lowest BCUT2D eigenvalue weighted by molar-refractivity contribution is -0.125. The Hall–Kier alpha value is -1.95. The Morgan fingerprint density at radius 2 is 2.35 bits per heavy atom. The van der Waals surface area contributed by atoms with Gasteiger partial charge in [0.05, 0.1) is 23.5 Å². The maximum Gasteiger partial charge on any atom is 0.232 e. The summed E-state index contributed by atoms with van der Waals surface area (Å²) < 4.78 is 0. The van der Waals surface area contributed by atoms with E-state index in [1.807, 2.05) is 6.07 Å². The van der Waals surface area contributed by atoms with Crippen LogP contribution in [0.5, 0.6) is 0 Å². The van der Waals surface area contributed by atoms with E-state index in [2.05, 4.69) is 25.8 Å². The largest absolute Gasteiger partial charge is 0.324 e. The minimum atomic E-state index is -0.217. The van der Waals surface area contributed by atoms with E-state index in [9.17, 15) is 4.79 Å². The van der Waals surface area contributed by atoms with Crippen LogP contribution in [0.15, 0.2) is 18.5 Å². The molecule has 1 saturated carbocycles. The summed E-state index contributed by atoms with van der Waals surface area (Å²) in [4.78, 5) is 16.9. The second-order valence-electron chi connectivity index (χ2n) is 5.79. The van der Waals surface area contributed by atoms with Gasteiger partial charge < -0.3 is 10.6 Å². The lowest BCUT2D eigenvalue weighted by Crippen LogP contribution is -2.41. The Morgan fingerprint density at radius 3 is 3.30 bits per heavy atom. The maximum absolute atomic E-state index is 12.7. The zero-order valence-corrected chi connectivity index (χ0v) is 11.1. The van der Waals surface area contributed by atoms with E-state index >= 15 is 0 Å². The van der Waals surface area contributed by atoms with Gasteiger partial charge in [0.15, 0.2) is 5.65 Å². The van der Waals surface area contributed by atoms with Crippen LogP contribution in [0.2, 0.25) is 0 Å². The number of fused-ring (bicyclic) bond motifs is 2. The quantitative estimate of drug-likeness (QED) is 0.771. The van der Waals surface area contributed by atoms with E-state index in [1.54, 1.807) is 12.4 Å². The molecular formula is C14H17N5O. The third-order valence-corrected chi connectivity index (χ3v) is 4.75. The number of H-pyrrole nitrogens is 1. The summed E-state index contributed by atoms with van der Waals surface area (Å²) in [5, 5.41) is 14.2. The molecule has 0 radical (unpaired) electrons. The summed E-state index contributed by atoms with van der Waals surface area (Å²) >= 11 is 0. The van der Waals surface area contributed by atoms with E-state index in [4.69, 9.17) is 0 Å². The summed E-state index contributed by atoms with van der Waals surface area (Å²) in [6.07, 6.45) is 7.55. The normalized spacial score (nSPS) is 28.7. The molecule has 0 unspecified atom stereocenters. The van der Waals surface area contributed by atoms with E-state index in [1.165, 1.54) is 0 Å². The molecule has 2 aliphatic rings. The predicted molar refractivity (Wildman–Crippen MR) is 75.2 cm³/mol. The Morgan fingerprint density at radius 1 is 1.40 bits per heavy atom. The van der Waals surface area contributed by atoms with Crippen molar-refractivity contribution in [1.82, 2.24) is 20.5 Å². The lowest BCUT2D eigenvalue weighted by atomic mass is 9.81. The number of rotatable bonds is 2. The number of carbonyl (C=O) groups is 1. The van der Waals surface area contributed by atoms with Crippen molar-refractivity contribution in [2.75, 3.05) is 11.9 Å². The summed E-state index contributed by atoms with van der Waals surface area (Å²) in [5.74, 6) is 0.134. The minimum absolute atomic E-state index is 0.134. The molecule has 3 N–H and O–H groups in total. The molecule has 2 atom stereocenters. The van der Waals surface area contributed by atoms with Gasteiger partial charge in [0, 0.05) is 11.4 Å². The molecule has 0 bridgehead atoms. The number of hydrogen-bond donors (Lipinski definition) is 3. The molecule has 6 nitrogen and oxygen atoms in total. The van der Waals surface area contributed by atoms with Gasteiger partial charge in [-0.3, -0.25) is 9.89 Å². The number of aromatic amines is 1. The maximum atomic E-state index is 12.7. The van der Waals surface area contributed by atoms with Crippen LogP contribution in [0.3, 0.4) is 0 Å². The molecule has 3 heterocycles. The van der Waals surface area contributed by atoms with E-state index < -0.39 is 0 Å². The summed E-state index contributed by atoms with van der Waals surface area (Å²) in [7, 11) is 0. The molecule has 2 aromatic heterocycles. The van der Waals surface area contributed by atoms with Crippen molar-refractivity contribution in [2.45, 2.75) is 31.7 Å². The number of nitrogens with one attached hydrogen (secondary N) is 3. The second kappa shape index (κ2) is 4.28. The van der Waals surface area contributed by atoms with Crippen molar-refractivity contribution < 1.29 is 4.79 Å². The SMILES string of the molecule is O=C(Nc1cnc2[nH]ncc2c1)[C@]12CCC[C@H]1NCC2. The van der Waals surface area contributed by atoms with E-state index in [-0.39, 0.29) is 11.3 Å². The highest BCUT2D eigenvalue weighted by atomic mass is 16.2. The van der Waals surface area contributed by atoms with Gasteiger partial charge in [-0.05, 0) is 31.9 Å². The second-order valence-corrected chi connectivity index (χ2v) is 5.79. The molecule has 0 spiro atoms. The number of nitrogens with zero attached hydrogens (tertiary/aromatic N) is 2. The number of amides is 1. The fraction of sp³-hybridized carbons (Fsp3) is 0.500. The molecule has 1 aliphatic heterocycles. The molecule has 20 heavy (non-hydrogen) atoms. The summed E-state index contributed by atoms with van der Waals surface area (Å²) in [6.45, 7) is 0.942. The van der Waals surface area contributed by atoms with Gasteiger partial charge in [0.1, 0.15) is 0 Å². The number of pyridine rings is 1. The first-order valence-corrected chi connectivity index (χ1v) is 7.12. The van der Waals surface area contributed by atoms with Crippen LogP contribution < -0.4 is 10.6 Å². The fourth-order valence-electron chi connectivity index (χ4n) is 3.68. The molecule has 0 aromatic carbocycles. The number of carbonyl (C=O) groups excluding carboxylic acids is 1. The fourth-order valence-corrected chi connectivity index (χ4v) is 3.68. The molecule has 4 rings (SSSR count). The molecule has 2 fully saturated rings. The van der Waals surface area contributed by atoms with Gasteiger partial charge in [-0.15, -0.1) is 0 Å². The topological polar surface area (TPSA) is 82.7 Å². The first-order chi connectivity index (χ1) is 9.78. The first-order valence-electron chi connectivity index (χ1n) is 7.12. The van der Waals surface area contributed by atoms with Crippen LogP contribution in [-0.4, -0.2) is 33.7 Å². The number of anilines is 1. The smallest absolute Gasteiger partial charge is 0.232 e. The molecule has 104 valence electrons. The van der Waals surface area contributed by atoms with Gasteiger partial charge in [-0.25, -0.2) is 4.98 Å². The minimum Gasteiger partial charge on any atom is -0.324 e. The highest BCUT2D eigenvalue weighted by Crippen LogP contribution is 2.45. The summed E-state index contributed by atoms with van der Waals surface area (Å²) in [5.41, 5.74) is 1.27. The van der Waals surface area contributed by atoms with Crippen LogP contribution in [0, 0.1) is 5.41 Å². The Labute approximate surface area is 116 Å². The van der Waals surface area contributed by atoms with Crippen molar-refractivity contribution in [3.8, 4) is 0 Å².